The summed E-state index contributed by atoms with van der Waals surface area (Å²) in [5.74, 6) is 0. The summed E-state index contributed by atoms with van der Waals surface area (Å²) in [6.45, 7) is 3.09. The molecule has 0 radical (unpaired) electrons. The molecule has 2 nitrogen and oxygen atoms in total. The van der Waals surface area contributed by atoms with Crippen molar-refractivity contribution >= 4 is 12.4 Å². The first-order valence-electron chi connectivity index (χ1n) is 5.25. The van der Waals surface area contributed by atoms with Crippen LogP contribution in [0.4, 0.5) is 0 Å². The van der Waals surface area contributed by atoms with E-state index in [9.17, 15) is 5.11 Å². The number of benzene rings is 1. The summed E-state index contributed by atoms with van der Waals surface area (Å²) in [6.07, 6.45) is 1.90. The van der Waals surface area contributed by atoms with Gasteiger partial charge in [0, 0.05) is 6.04 Å². The molecule has 84 valence electrons. The van der Waals surface area contributed by atoms with Crippen LogP contribution in [0.1, 0.15) is 30.1 Å². The highest BCUT2D eigenvalue weighted by Gasteiger charge is 2.23. The van der Waals surface area contributed by atoms with Gasteiger partial charge in [0.1, 0.15) is 0 Å². The Morgan fingerprint density at radius 1 is 1.33 bits per heavy atom. The number of aryl methyl sites for hydroxylation is 1. The molecule has 0 bridgehead atoms. The van der Waals surface area contributed by atoms with Crippen molar-refractivity contribution in [3.63, 3.8) is 0 Å². The Kier molecular flexibility index (Phi) is 4.58. The summed E-state index contributed by atoms with van der Waals surface area (Å²) in [7, 11) is 0. The van der Waals surface area contributed by atoms with Gasteiger partial charge in [0.15, 0.2) is 0 Å². The quantitative estimate of drug-likeness (QED) is 0.812. The number of nitrogens with one attached hydrogen (secondary N) is 1. The SMILES string of the molecule is Cc1ccc([C@H](O)[C@H]2CCCN2)cc1.Cl. The van der Waals surface area contributed by atoms with Gasteiger partial charge in [-0.2, -0.15) is 0 Å². The van der Waals surface area contributed by atoms with Gasteiger partial charge >= 0.3 is 0 Å². The summed E-state index contributed by atoms with van der Waals surface area (Å²) >= 11 is 0. The van der Waals surface area contributed by atoms with Crippen molar-refractivity contribution in [3.8, 4) is 0 Å². The van der Waals surface area contributed by atoms with Crippen LogP contribution in [-0.2, 0) is 0 Å². The molecule has 2 rings (SSSR count). The molecule has 2 N–H and O–H groups in total. The maximum absolute atomic E-state index is 10.0. The smallest absolute Gasteiger partial charge is 0.0942 e. The van der Waals surface area contributed by atoms with E-state index in [4.69, 9.17) is 0 Å². The zero-order chi connectivity index (χ0) is 9.97. The van der Waals surface area contributed by atoms with E-state index in [0.717, 1.165) is 18.5 Å². The number of hydrogen-bond donors (Lipinski definition) is 2. The summed E-state index contributed by atoms with van der Waals surface area (Å²) < 4.78 is 0. The first-order chi connectivity index (χ1) is 6.77. The summed E-state index contributed by atoms with van der Waals surface area (Å²) in [5, 5.41) is 13.4. The molecule has 1 aliphatic heterocycles. The van der Waals surface area contributed by atoms with E-state index in [1.54, 1.807) is 0 Å². The van der Waals surface area contributed by atoms with E-state index >= 15 is 0 Å². The lowest BCUT2D eigenvalue weighted by atomic mass is 10.0. The summed E-state index contributed by atoms with van der Waals surface area (Å²) in [5.41, 5.74) is 2.26. The molecule has 2 atom stereocenters. The summed E-state index contributed by atoms with van der Waals surface area (Å²) in [4.78, 5) is 0. The molecule has 0 aromatic heterocycles. The van der Waals surface area contributed by atoms with Crippen molar-refractivity contribution in [3.05, 3.63) is 35.4 Å². The van der Waals surface area contributed by atoms with Crippen molar-refractivity contribution in [1.29, 1.82) is 0 Å². The average Bonchev–Trinajstić information content (AvgIpc) is 2.71. The molecule has 1 fully saturated rings. The maximum atomic E-state index is 10.0. The van der Waals surface area contributed by atoms with Gasteiger partial charge in [-0.1, -0.05) is 29.8 Å². The number of hydrogen-bond acceptors (Lipinski definition) is 2. The predicted molar refractivity (Wildman–Crippen MR) is 64.4 cm³/mol. The first-order valence-corrected chi connectivity index (χ1v) is 5.25. The van der Waals surface area contributed by atoms with Gasteiger partial charge < -0.3 is 10.4 Å². The fraction of sp³-hybridized carbons (Fsp3) is 0.500. The molecule has 1 aromatic rings. The molecule has 1 aromatic carbocycles. The van der Waals surface area contributed by atoms with Crippen LogP contribution in [0, 0.1) is 6.92 Å². The highest BCUT2D eigenvalue weighted by molar-refractivity contribution is 5.85. The van der Waals surface area contributed by atoms with Crippen molar-refractivity contribution < 1.29 is 5.11 Å². The van der Waals surface area contributed by atoms with Crippen molar-refractivity contribution in [2.45, 2.75) is 31.9 Å². The number of rotatable bonds is 2. The molecule has 0 amide bonds. The van der Waals surface area contributed by atoms with E-state index in [2.05, 4.69) is 12.2 Å². The molecule has 1 heterocycles. The van der Waals surface area contributed by atoms with E-state index in [1.165, 1.54) is 12.0 Å². The lowest BCUT2D eigenvalue weighted by molar-refractivity contribution is 0.137. The first kappa shape index (κ1) is 12.5. The minimum Gasteiger partial charge on any atom is -0.387 e. The van der Waals surface area contributed by atoms with E-state index in [0.29, 0.717) is 0 Å². The zero-order valence-electron chi connectivity index (χ0n) is 8.94. The third-order valence-electron chi connectivity index (χ3n) is 2.90. The standard InChI is InChI=1S/C12H17NO.ClH/c1-9-4-6-10(7-5-9)12(14)11-3-2-8-13-11;/h4-7,11-14H,2-3,8H2,1H3;1H/t11-,12+;/m1./s1. The van der Waals surface area contributed by atoms with Crippen molar-refractivity contribution in [1.82, 2.24) is 5.32 Å². The maximum Gasteiger partial charge on any atom is 0.0942 e. The molecule has 3 heteroatoms. The van der Waals surface area contributed by atoms with Crippen LogP contribution in [0.25, 0.3) is 0 Å². The molecular weight excluding hydrogens is 210 g/mol. The van der Waals surface area contributed by atoms with Gasteiger partial charge in [-0.25, -0.2) is 0 Å². The average molecular weight is 228 g/mol. The van der Waals surface area contributed by atoms with Crippen molar-refractivity contribution in [2.75, 3.05) is 6.54 Å². The third kappa shape index (κ3) is 2.94. The molecular formula is C12H18ClNO. The van der Waals surface area contributed by atoms with E-state index in [-0.39, 0.29) is 24.6 Å². The Morgan fingerprint density at radius 2 is 2.00 bits per heavy atom. The molecule has 0 aliphatic carbocycles. The molecule has 15 heavy (non-hydrogen) atoms. The number of aliphatic hydroxyl groups excluding tert-OH is 1. The van der Waals surface area contributed by atoms with Crippen LogP contribution in [0.15, 0.2) is 24.3 Å². The second-order valence-electron chi connectivity index (χ2n) is 4.06. The molecule has 1 saturated heterocycles. The van der Waals surface area contributed by atoms with Gasteiger partial charge in [-0.3, -0.25) is 0 Å². The topological polar surface area (TPSA) is 32.3 Å². The Labute approximate surface area is 97.1 Å². The van der Waals surface area contributed by atoms with Gasteiger partial charge in [-0.05, 0) is 31.9 Å². The molecule has 0 saturated carbocycles. The number of aliphatic hydroxyl groups is 1. The van der Waals surface area contributed by atoms with E-state index in [1.807, 2.05) is 24.3 Å². The second-order valence-corrected chi connectivity index (χ2v) is 4.06. The van der Waals surface area contributed by atoms with E-state index < -0.39 is 0 Å². The Bertz CT molecular complexity index is 293. The fourth-order valence-electron chi connectivity index (χ4n) is 1.98. The third-order valence-corrected chi connectivity index (χ3v) is 2.90. The van der Waals surface area contributed by atoms with Crippen LogP contribution in [0.2, 0.25) is 0 Å². The zero-order valence-corrected chi connectivity index (χ0v) is 9.76. The van der Waals surface area contributed by atoms with Crippen molar-refractivity contribution in [2.24, 2.45) is 0 Å². The molecule has 1 aliphatic rings. The van der Waals surface area contributed by atoms with Gasteiger partial charge in [0.2, 0.25) is 0 Å². The highest BCUT2D eigenvalue weighted by Crippen LogP contribution is 2.22. The predicted octanol–water partition coefficient (Wildman–Crippen LogP) is 2.20. The minimum absolute atomic E-state index is 0. The minimum atomic E-state index is -0.349. The lowest BCUT2D eigenvalue weighted by Gasteiger charge is -2.18. The van der Waals surface area contributed by atoms with Gasteiger partial charge in [-0.15, -0.1) is 12.4 Å². The van der Waals surface area contributed by atoms with Crippen LogP contribution in [-0.4, -0.2) is 17.7 Å². The normalized spacial score (nSPS) is 22.1. The van der Waals surface area contributed by atoms with Gasteiger partial charge in [0.25, 0.3) is 0 Å². The fourth-order valence-corrected chi connectivity index (χ4v) is 1.98. The highest BCUT2D eigenvalue weighted by atomic mass is 35.5. The monoisotopic (exact) mass is 227 g/mol. The Hall–Kier alpha value is -0.570. The van der Waals surface area contributed by atoms with Crippen LogP contribution < -0.4 is 5.32 Å². The largest absolute Gasteiger partial charge is 0.387 e. The molecule has 0 spiro atoms. The Morgan fingerprint density at radius 3 is 2.53 bits per heavy atom. The second kappa shape index (κ2) is 5.50. The van der Waals surface area contributed by atoms with Gasteiger partial charge in [0.05, 0.1) is 6.10 Å². The summed E-state index contributed by atoms with van der Waals surface area (Å²) in [6, 6.07) is 8.37. The molecule has 0 unspecified atom stereocenters. The van der Waals surface area contributed by atoms with Crippen LogP contribution in [0.5, 0.6) is 0 Å². The lowest BCUT2D eigenvalue weighted by Crippen LogP contribution is -2.28. The Balaban J connectivity index is 0.00000112. The number of halogens is 1. The van der Waals surface area contributed by atoms with Crippen LogP contribution >= 0.6 is 12.4 Å². The van der Waals surface area contributed by atoms with Crippen LogP contribution in [0.3, 0.4) is 0 Å².